The van der Waals surface area contributed by atoms with Gasteiger partial charge in [0.15, 0.2) is 9.84 Å². The van der Waals surface area contributed by atoms with E-state index in [-0.39, 0.29) is 5.75 Å². The Hall–Kier alpha value is -1.11. The molecule has 0 fully saturated rings. The van der Waals surface area contributed by atoms with Gasteiger partial charge in [0, 0.05) is 7.05 Å². The van der Waals surface area contributed by atoms with Crippen molar-refractivity contribution in [1.29, 1.82) is 0 Å². The van der Waals surface area contributed by atoms with Crippen LogP contribution in [0, 0.1) is 0 Å². The lowest BCUT2D eigenvalue weighted by Crippen LogP contribution is -2.43. The molecule has 1 amide bonds. The summed E-state index contributed by atoms with van der Waals surface area (Å²) in [7, 11) is -2.15. The quantitative estimate of drug-likeness (QED) is 0.654. The minimum atomic E-state index is -3.44. The van der Waals surface area contributed by atoms with Crippen molar-refractivity contribution in [3.8, 4) is 0 Å². The van der Waals surface area contributed by atoms with Gasteiger partial charge in [0.25, 0.3) is 0 Å². The molecule has 1 atom stereocenters. The van der Waals surface area contributed by atoms with Crippen LogP contribution in [-0.4, -0.2) is 54.9 Å². The molecule has 0 aromatic rings. The molecule has 0 saturated heterocycles. The normalized spacial score (nSPS) is 13.1. The number of likely N-dealkylation sites (N-methyl/N-ethyl adjacent to an activating group) is 1. The van der Waals surface area contributed by atoms with Gasteiger partial charge in [0.05, 0.1) is 5.75 Å². The lowest BCUT2D eigenvalue weighted by molar-refractivity contribution is -0.147. The Morgan fingerprint density at radius 1 is 1.28 bits per heavy atom. The standard InChI is InChI=1S/C11H21NO5S/c1-4-5-6-7-18(16,17)8-10(13)12(3)9(2)11(14)15/h9H,4-8H2,1-3H3,(H,14,15). The molecule has 0 aliphatic rings. The first-order valence-electron chi connectivity index (χ1n) is 5.90. The van der Waals surface area contributed by atoms with Gasteiger partial charge in [-0.15, -0.1) is 0 Å². The molecule has 106 valence electrons. The fourth-order valence-corrected chi connectivity index (χ4v) is 2.68. The van der Waals surface area contributed by atoms with Crippen LogP contribution in [0.4, 0.5) is 0 Å². The van der Waals surface area contributed by atoms with Gasteiger partial charge in [0.1, 0.15) is 11.8 Å². The molecule has 0 spiro atoms. The van der Waals surface area contributed by atoms with Crippen LogP contribution >= 0.6 is 0 Å². The summed E-state index contributed by atoms with van der Waals surface area (Å²) in [5, 5.41) is 8.73. The molecule has 1 N–H and O–H groups in total. The van der Waals surface area contributed by atoms with E-state index < -0.39 is 33.5 Å². The highest BCUT2D eigenvalue weighted by Gasteiger charge is 2.25. The van der Waals surface area contributed by atoms with E-state index in [1.54, 1.807) is 0 Å². The summed E-state index contributed by atoms with van der Waals surface area (Å²) in [6.07, 6.45) is 2.23. The molecule has 7 heteroatoms. The summed E-state index contributed by atoms with van der Waals surface area (Å²) in [4.78, 5) is 23.2. The molecule has 6 nitrogen and oxygen atoms in total. The summed E-state index contributed by atoms with van der Waals surface area (Å²) < 4.78 is 23.2. The minimum absolute atomic E-state index is 0.0259. The highest BCUT2D eigenvalue weighted by molar-refractivity contribution is 7.92. The lowest BCUT2D eigenvalue weighted by Gasteiger charge is -2.21. The number of amides is 1. The molecule has 1 unspecified atom stereocenters. The Balaban J connectivity index is 4.42. The van der Waals surface area contributed by atoms with Crippen LogP contribution in [0.1, 0.15) is 33.1 Å². The van der Waals surface area contributed by atoms with Crippen molar-refractivity contribution in [1.82, 2.24) is 4.90 Å². The van der Waals surface area contributed by atoms with Crippen LogP contribution in [-0.2, 0) is 19.4 Å². The van der Waals surface area contributed by atoms with Crippen LogP contribution in [0.2, 0.25) is 0 Å². The van der Waals surface area contributed by atoms with Gasteiger partial charge in [-0.2, -0.15) is 0 Å². The van der Waals surface area contributed by atoms with Crippen molar-refractivity contribution in [2.75, 3.05) is 18.6 Å². The topological polar surface area (TPSA) is 91.8 Å². The summed E-state index contributed by atoms with van der Waals surface area (Å²) in [5.41, 5.74) is 0. The van der Waals surface area contributed by atoms with Gasteiger partial charge < -0.3 is 10.0 Å². The van der Waals surface area contributed by atoms with Crippen LogP contribution in [0.25, 0.3) is 0 Å². The Kier molecular flexibility index (Phi) is 6.90. The molecule has 0 saturated carbocycles. The monoisotopic (exact) mass is 279 g/mol. The van der Waals surface area contributed by atoms with E-state index in [9.17, 15) is 18.0 Å². The number of carboxylic acids is 1. The van der Waals surface area contributed by atoms with E-state index in [2.05, 4.69) is 0 Å². The number of carboxylic acid groups (broad SMARTS) is 1. The smallest absolute Gasteiger partial charge is 0.326 e. The third-order valence-electron chi connectivity index (χ3n) is 2.73. The van der Waals surface area contributed by atoms with Gasteiger partial charge in [-0.1, -0.05) is 19.8 Å². The summed E-state index contributed by atoms with van der Waals surface area (Å²) >= 11 is 0. The molecule has 0 bridgehead atoms. The number of hydrogen-bond acceptors (Lipinski definition) is 4. The maximum absolute atomic E-state index is 11.6. The van der Waals surface area contributed by atoms with E-state index in [1.807, 2.05) is 6.92 Å². The molecule has 0 aliphatic carbocycles. The predicted octanol–water partition coefficient (Wildman–Crippen LogP) is 0.523. The second kappa shape index (κ2) is 7.35. The third kappa shape index (κ3) is 6.00. The zero-order valence-electron chi connectivity index (χ0n) is 11.0. The zero-order valence-corrected chi connectivity index (χ0v) is 11.9. The van der Waals surface area contributed by atoms with Crippen molar-refractivity contribution >= 4 is 21.7 Å². The number of aliphatic carboxylic acids is 1. The second-order valence-electron chi connectivity index (χ2n) is 4.32. The fraction of sp³-hybridized carbons (Fsp3) is 0.818. The zero-order chi connectivity index (χ0) is 14.3. The number of carbonyl (C=O) groups is 2. The van der Waals surface area contributed by atoms with E-state index >= 15 is 0 Å². The van der Waals surface area contributed by atoms with Crippen molar-refractivity contribution < 1.29 is 23.1 Å². The first-order chi connectivity index (χ1) is 8.21. The average molecular weight is 279 g/mol. The predicted molar refractivity (Wildman–Crippen MR) is 68.0 cm³/mol. The largest absolute Gasteiger partial charge is 0.480 e. The maximum Gasteiger partial charge on any atom is 0.326 e. The van der Waals surface area contributed by atoms with Crippen molar-refractivity contribution in [2.24, 2.45) is 0 Å². The molecule has 0 aromatic heterocycles. The van der Waals surface area contributed by atoms with Gasteiger partial charge in [-0.05, 0) is 13.3 Å². The van der Waals surface area contributed by atoms with Gasteiger partial charge in [-0.25, -0.2) is 13.2 Å². The number of carbonyl (C=O) groups excluding carboxylic acids is 1. The SMILES string of the molecule is CCCCCS(=O)(=O)CC(=O)N(C)C(C)C(=O)O. The molecule has 0 aliphatic heterocycles. The number of nitrogens with zero attached hydrogens (tertiary/aromatic N) is 1. The molecule has 0 aromatic carbocycles. The minimum Gasteiger partial charge on any atom is -0.480 e. The fourth-order valence-electron chi connectivity index (χ4n) is 1.32. The first kappa shape index (κ1) is 16.9. The van der Waals surface area contributed by atoms with Crippen LogP contribution in [0.15, 0.2) is 0 Å². The Morgan fingerprint density at radius 3 is 2.28 bits per heavy atom. The van der Waals surface area contributed by atoms with E-state index in [0.29, 0.717) is 6.42 Å². The molecule has 18 heavy (non-hydrogen) atoms. The summed E-state index contributed by atoms with van der Waals surface area (Å²) in [6.45, 7) is 3.30. The van der Waals surface area contributed by atoms with Crippen LogP contribution in [0.5, 0.6) is 0 Å². The van der Waals surface area contributed by atoms with Crippen molar-refractivity contribution in [3.05, 3.63) is 0 Å². The number of unbranched alkanes of at least 4 members (excludes halogenated alkanes) is 2. The Labute approximate surface area is 108 Å². The first-order valence-corrected chi connectivity index (χ1v) is 7.72. The molecule has 0 radical (unpaired) electrons. The van der Waals surface area contributed by atoms with Crippen LogP contribution < -0.4 is 0 Å². The van der Waals surface area contributed by atoms with E-state index in [1.165, 1.54) is 14.0 Å². The van der Waals surface area contributed by atoms with E-state index in [4.69, 9.17) is 5.11 Å². The number of sulfone groups is 1. The molecule has 0 heterocycles. The number of hydrogen-bond donors (Lipinski definition) is 1. The lowest BCUT2D eigenvalue weighted by atomic mass is 10.3. The third-order valence-corrected chi connectivity index (χ3v) is 4.33. The van der Waals surface area contributed by atoms with Gasteiger partial charge >= 0.3 is 5.97 Å². The summed E-state index contributed by atoms with van der Waals surface area (Å²) in [5.74, 6) is -2.48. The summed E-state index contributed by atoms with van der Waals surface area (Å²) in [6, 6.07) is -1.02. The highest BCUT2D eigenvalue weighted by Crippen LogP contribution is 2.04. The van der Waals surface area contributed by atoms with Gasteiger partial charge in [-0.3, -0.25) is 4.79 Å². The average Bonchev–Trinajstić information content (AvgIpc) is 2.26. The molecular weight excluding hydrogens is 258 g/mol. The molecular formula is C11H21NO5S. The van der Waals surface area contributed by atoms with Crippen molar-refractivity contribution in [3.63, 3.8) is 0 Å². The van der Waals surface area contributed by atoms with Crippen molar-refractivity contribution in [2.45, 2.75) is 39.2 Å². The van der Waals surface area contributed by atoms with Crippen LogP contribution in [0.3, 0.4) is 0 Å². The van der Waals surface area contributed by atoms with Gasteiger partial charge in [0.2, 0.25) is 5.91 Å². The second-order valence-corrected chi connectivity index (χ2v) is 6.50. The highest BCUT2D eigenvalue weighted by atomic mass is 32.2. The maximum atomic E-state index is 11.6. The Morgan fingerprint density at radius 2 is 1.83 bits per heavy atom. The number of rotatable bonds is 8. The molecule has 0 rings (SSSR count). The Bertz CT molecular complexity index is 390. The van der Waals surface area contributed by atoms with E-state index in [0.717, 1.165) is 17.7 Å².